The van der Waals surface area contributed by atoms with Crippen molar-refractivity contribution < 1.29 is 9.53 Å². The van der Waals surface area contributed by atoms with Crippen LogP contribution in [0.3, 0.4) is 0 Å². The van der Waals surface area contributed by atoms with Gasteiger partial charge in [0.2, 0.25) is 0 Å². The fourth-order valence-electron chi connectivity index (χ4n) is 4.78. The van der Waals surface area contributed by atoms with Crippen LogP contribution in [0.2, 0.25) is 0 Å². The molecule has 1 atom stereocenters. The van der Waals surface area contributed by atoms with Gasteiger partial charge in [-0.2, -0.15) is 0 Å². The highest BCUT2D eigenvalue weighted by atomic mass is 16.5. The average Bonchev–Trinajstić information content (AvgIpc) is 3.20. The first-order valence-corrected chi connectivity index (χ1v) is 11.3. The van der Waals surface area contributed by atoms with Crippen molar-refractivity contribution >= 4 is 22.6 Å². The first kappa shape index (κ1) is 21.1. The summed E-state index contributed by atoms with van der Waals surface area (Å²) in [6, 6.07) is 20.3. The van der Waals surface area contributed by atoms with E-state index >= 15 is 0 Å². The van der Waals surface area contributed by atoms with Crippen molar-refractivity contribution in [3.05, 3.63) is 94.2 Å². The molecule has 0 bridgehead atoms. The number of ether oxygens (including phenoxy) is 1. The highest BCUT2D eigenvalue weighted by Gasteiger charge is 2.34. The van der Waals surface area contributed by atoms with Crippen LogP contribution in [-0.4, -0.2) is 29.6 Å². The molecule has 0 unspecified atom stereocenters. The zero-order chi connectivity index (χ0) is 23.1. The molecule has 2 heterocycles. The molecule has 0 saturated carbocycles. The van der Waals surface area contributed by atoms with Crippen LogP contribution in [0.5, 0.6) is 5.75 Å². The number of aromatic amines is 1. The molecule has 5 rings (SSSR count). The third-order valence-electron chi connectivity index (χ3n) is 6.83. The zero-order valence-electron chi connectivity index (χ0n) is 19.5. The first-order chi connectivity index (χ1) is 16.0. The Balaban J connectivity index is 1.59. The summed E-state index contributed by atoms with van der Waals surface area (Å²) in [5.41, 5.74) is 8.79. The summed E-state index contributed by atoms with van der Waals surface area (Å²) in [5.74, 6) is 0.839. The largest absolute Gasteiger partial charge is 0.497 e. The highest BCUT2D eigenvalue weighted by Crippen LogP contribution is 2.39. The molecule has 2 N–H and O–H groups in total. The van der Waals surface area contributed by atoms with Crippen LogP contribution in [0.4, 0.5) is 10.5 Å². The Morgan fingerprint density at radius 2 is 1.85 bits per heavy atom. The monoisotopic (exact) mass is 439 g/mol. The average molecular weight is 440 g/mol. The SMILES string of the molecule is COc1ccc2[nH]c3c(c2c1)CCN(C(=O)Nc1cccc(C)c1C)[C@H]3c1ccc(C)cc1. The Bertz CT molecular complexity index is 1340. The standard InChI is InChI=1S/C28H29N3O2/c1-17-8-10-20(11-9-17)27-26-22(23-16-21(33-4)12-13-25(23)29-26)14-15-31(27)28(32)30-24-7-5-6-18(2)19(24)3/h5-13,16,27,29H,14-15H2,1-4H3,(H,30,32)/t27-/m0/s1. The van der Waals surface area contributed by atoms with Crippen LogP contribution in [0.25, 0.3) is 10.9 Å². The van der Waals surface area contributed by atoms with E-state index < -0.39 is 0 Å². The van der Waals surface area contributed by atoms with Crippen LogP contribution < -0.4 is 10.1 Å². The third kappa shape index (κ3) is 3.74. The number of H-pyrrole nitrogens is 1. The van der Waals surface area contributed by atoms with Crippen molar-refractivity contribution in [2.75, 3.05) is 19.0 Å². The van der Waals surface area contributed by atoms with Gasteiger partial charge in [0.05, 0.1) is 13.2 Å². The Kier molecular flexibility index (Phi) is 5.33. The van der Waals surface area contributed by atoms with Gasteiger partial charge in [0.25, 0.3) is 0 Å². The van der Waals surface area contributed by atoms with E-state index in [9.17, 15) is 4.79 Å². The Morgan fingerprint density at radius 3 is 2.61 bits per heavy atom. The molecule has 2 amide bonds. The van der Waals surface area contributed by atoms with Crippen molar-refractivity contribution in [3.63, 3.8) is 0 Å². The lowest BCUT2D eigenvalue weighted by Crippen LogP contribution is -2.43. The number of hydrogen-bond acceptors (Lipinski definition) is 2. The molecule has 5 nitrogen and oxygen atoms in total. The number of aromatic nitrogens is 1. The van der Waals surface area contributed by atoms with Gasteiger partial charge in [-0.05, 0) is 73.7 Å². The first-order valence-electron chi connectivity index (χ1n) is 11.3. The summed E-state index contributed by atoms with van der Waals surface area (Å²) in [7, 11) is 1.69. The topological polar surface area (TPSA) is 57.4 Å². The van der Waals surface area contributed by atoms with Gasteiger partial charge in [0, 0.05) is 28.8 Å². The van der Waals surface area contributed by atoms with Crippen LogP contribution in [-0.2, 0) is 6.42 Å². The predicted octanol–water partition coefficient (Wildman–Crippen LogP) is 6.28. The van der Waals surface area contributed by atoms with Gasteiger partial charge in [0.1, 0.15) is 5.75 Å². The minimum Gasteiger partial charge on any atom is -0.497 e. The van der Waals surface area contributed by atoms with Gasteiger partial charge in [-0.15, -0.1) is 0 Å². The molecule has 0 aliphatic carbocycles. The summed E-state index contributed by atoms with van der Waals surface area (Å²) in [6.07, 6.45) is 0.783. The Hall–Kier alpha value is -3.73. The van der Waals surface area contributed by atoms with E-state index in [1.807, 2.05) is 30.0 Å². The molecule has 168 valence electrons. The van der Waals surface area contributed by atoms with Crippen molar-refractivity contribution in [2.45, 2.75) is 33.2 Å². The summed E-state index contributed by atoms with van der Waals surface area (Å²) >= 11 is 0. The molecule has 0 saturated heterocycles. The number of anilines is 1. The van der Waals surface area contributed by atoms with E-state index in [2.05, 4.69) is 66.6 Å². The minimum atomic E-state index is -0.196. The summed E-state index contributed by atoms with van der Waals surface area (Å²) < 4.78 is 5.47. The number of urea groups is 1. The molecule has 1 aliphatic heterocycles. The molecule has 3 aromatic carbocycles. The number of benzene rings is 3. The molecule has 5 heteroatoms. The second-order valence-corrected chi connectivity index (χ2v) is 8.86. The fourth-order valence-corrected chi connectivity index (χ4v) is 4.78. The molecule has 0 spiro atoms. The van der Waals surface area contributed by atoms with Gasteiger partial charge in [-0.1, -0.05) is 42.0 Å². The van der Waals surface area contributed by atoms with Crippen molar-refractivity contribution in [1.82, 2.24) is 9.88 Å². The number of aryl methyl sites for hydroxylation is 2. The molecule has 1 aromatic heterocycles. The van der Waals surface area contributed by atoms with E-state index in [0.717, 1.165) is 51.1 Å². The van der Waals surface area contributed by atoms with Gasteiger partial charge in [0.15, 0.2) is 0 Å². The van der Waals surface area contributed by atoms with E-state index in [1.54, 1.807) is 7.11 Å². The number of rotatable bonds is 3. The predicted molar refractivity (Wildman–Crippen MR) is 133 cm³/mol. The summed E-state index contributed by atoms with van der Waals surface area (Å²) in [5, 5.41) is 4.33. The maximum Gasteiger partial charge on any atom is 0.322 e. The maximum atomic E-state index is 13.6. The lowest BCUT2D eigenvalue weighted by Gasteiger charge is -2.36. The molecular formula is C28H29N3O2. The van der Waals surface area contributed by atoms with E-state index in [-0.39, 0.29) is 12.1 Å². The number of hydrogen-bond donors (Lipinski definition) is 2. The molecule has 1 aliphatic rings. The number of nitrogens with zero attached hydrogens (tertiary/aromatic N) is 1. The maximum absolute atomic E-state index is 13.6. The number of carbonyl (C=O) groups is 1. The Morgan fingerprint density at radius 1 is 1.06 bits per heavy atom. The minimum absolute atomic E-state index is 0.0869. The number of carbonyl (C=O) groups excluding carboxylic acids is 1. The number of nitrogens with one attached hydrogen (secondary N) is 2. The molecule has 33 heavy (non-hydrogen) atoms. The van der Waals surface area contributed by atoms with Crippen LogP contribution in [0.1, 0.15) is 39.6 Å². The van der Waals surface area contributed by atoms with Crippen molar-refractivity contribution in [3.8, 4) is 5.75 Å². The summed E-state index contributed by atoms with van der Waals surface area (Å²) in [6.45, 7) is 6.82. The number of amides is 2. The normalized spacial score (nSPS) is 15.4. The van der Waals surface area contributed by atoms with E-state index in [0.29, 0.717) is 6.54 Å². The Labute approximate surface area is 194 Å². The van der Waals surface area contributed by atoms with Crippen molar-refractivity contribution in [2.24, 2.45) is 0 Å². The van der Waals surface area contributed by atoms with Gasteiger partial charge >= 0.3 is 6.03 Å². The van der Waals surface area contributed by atoms with Crippen LogP contribution >= 0.6 is 0 Å². The smallest absolute Gasteiger partial charge is 0.322 e. The quantitative estimate of drug-likeness (QED) is 0.395. The van der Waals surface area contributed by atoms with Gasteiger partial charge < -0.3 is 19.9 Å². The second-order valence-electron chi connectivity index (χ2n) is 8.86. The fraction of sp³-hybridized carbons (Fsp3) is 0.250. The van der Waals surface area contributed by atoms with E-state index in [1.165, 1.54) is 11.1 Å². The van der Waals surface area contributed by atoms with Crippen molar-refractivity contribution in [1.29, 1.82) is 0 Å². The molecule has 0 radical (unpaired) electrons. The second kappa shape index (κ2) is 8.32. The van der Waals surface area contributed by atoms with E-state index in [4.69, 9.17) is 4.74 Å². The van der Waals surface area contributed by atoms with Gasteiger partial charge in [-0.25, -0.2) is 4.79 Å². The lowest BCUT2D eigenvalue weighted by atomic mass is 9.92. The zero-order valence-corrected chi connectivity index (χ0v) is 19.5. The van der Waals surface area contributed by atoms with Crippen LogP contribution in [0, 0.1) is 20.8 Å². The van der Waals surface area contributed by atoms with Gasteiger partial charge in [-0.3, -0.25) is 0 Å². The number of methoxy groups -OCH3 is 1. The molecule has 4 aromatic rings. The van der Waals surface area contributed by atoms with Crippen LogP contribution in [0.15, 0.2) is 60.7 Å². The third-order valence-corrected chi connectivity index (χ3v) is 6.83. The lowest BCUT2D eigenvalue weighted by molar-refractivity contribution is 0.193. The molecule has 0 fully saturated rings. The molecular weight excluding hydrogens is 410 g/mol. The summed E-state index contributed by atoms with van der Waals surface area (Å²) in [4.78, 5) is 19.2. The highest BCUT2D eigenvalue weighted by molar-refractivity contribution is 5.92. The number of fused-ring (bicyclic) bond motifs is 3.